The molecule has 1 fully saturated rings. The second-order valence-electron chi connectivity index (χ2n) is 6.12. The first kappa shape index (κ1) is 21.8. The molecular weight excluding hydrogens is 362 g/mol. The second-order valence-corrected chi connectivity index (χ2v) is 7.13. The molecule has 0 atom stereocenters. The monoisotopic (exact) mass is 387 g/mol. The van der Waals surface area contributed by atoms with Crippen LogP contribution in [-0.4, -0.2) is 50.9 Å². The van der Waals surface area contributed by atoms with E-state index < -0.39 is 5.91 Å². The topological polar surface area (TPSA) is 93.4 Å². The molecule has 1 heterocycles. The first-order chi connectivity index (χ1) is 11.6. The molecule has 0 unspecified atom stereocenters. The third-order valence-corrected chi connectivity index (χ3v) is 5.34. The lowest BCUT2D eigenvalue weighted by atomic mass is 9.79. The molecular formula is C17H26ClN3O3S. The van der Waals surface area contributed by atoms with Crippen molar-refractivity contribution < 1.29 is 14.3 Å². The summed E-state index contributed by atoms with van der Waals surface area (Å²) < 4.78 is 5.38. The van der Waals surface area contributed by atoms with Crippen molar-refractivity contribution in [3.63, 3.8) is 0 Å². The SMILES string of the molecule is COCC1(CNC(=O)c2ccccc2SCC(N)=O)CCNCC1.Cl. The average Bonchev–Trinajstić information content (AvgIpc) is 2.59. The molecule has 25 heavy (non-hydrogen) atoms. The summed E-state index contributed by atoms with van der Waals surface area (Å²) in [5, 5.41) is 6.38. The molecule has 1 aromatic carbocycles. The van der Waals surface area contributed by atoms with Gasteiger partial charge in [0.05, 0.1) is 17.9 Å². The van der Waals surface area contributed by atoms with Crippen molar-refractivity contribution in [1.29, 1.82) is 0 Å². The maximum absolute atomic E-state index is 12.6. The molecule has 0 saturated carbocycles. The summed E-state index contributed by atoms with van der Waals surface area (Å²) in [4.78, 5) is 24.3. The molecule has 0 radical (unpaired) electrons. The van der Waals surface area contributed by atoms with Gasteiger partial charge in [0.2, 0.25) is 5.91 Å². The van der Waals surface area contributed by atoms with E-state index >= 15 is 0 Å². The molecule has 0 aromatic heterocycles. The number of primary amides is 1. The van der Waals surface area contributed by atoms with E-state index in [2.05, 4.69) is 10.6 Å². The maximum atomic E-state index is 12.6. The quantitative estimate of drug-likeness (QED) is 0.587. The van der Waals surface area contributed by atoms with E-state index in [-0.39, 0.29) is 29.5 Å². The highest BCUT2D eigenvalue weighted by molar-refractivity contribution is 8.00. The molecule has 2 rings (SSSR count). The number of carbonyl (C=O) groups is 2. The minimum atomic E-state index is -0.399. The number of hydrogen-bond donors (Lipinski definition) is 3. The smallest absolute Gasteiger partial charge is 0.252 e. The Balaban J connectivity index is 0.00000312. The fourth-order valence-electron chi connectivity index (χ4n) is 2.93. The summed E-state index contributed by atoms with van der Waals surface area (Å²) >= 11 is 1.28. The molecule has 2 amide bonds. The lowest BCUT2D eigenvalue weighted by Gasteiger charge is -2.37. The lowest BCUT2D eigenvalue weighted by molar-refractivity contribution is -0.115. The Labute approximate surface area is 159 Å². The summed E-state index contributed by atoms with van der Waals surface area (Å²) in [6.07, 6.45) is 1.94. The number of methoxy groups -OCH3 is 1. The Morgan fingerprint density at radius 2 is 2.00 bits per heavy atom. The number of carbonyl (C=O) groups excluding carboxylic acids is 2. The number of hydrogen-bond acceptors (Lipinski definition) is 5. The fourth-order valence-corrected chi connectivity index (χ4v) is 3.72. The Hall–Kier alpha value is -1.28. The molecule has 0 aliphatic carbocycles. The van der Waals surface area contributed by atoms with E-state index in [1.807, 2.05) is 18.2 Å². The summed E-state index contributed by atoms with van der Waals surface area (Å²) in [5.74, 6) is -0.371. The first-order valence-electron chi connectivity index (χ1n) is 8.04. The van der Waals surface area contributed by atoms with Gasteiger partial charge in [-0.3, -0.25) is 9.59 Å². The highest BCUT2D eigenvalue weighted by Crippen LogP contribution is 2.29. The van der Waals surface area contributed by atoms with Crippen LogP contribution in [0.2, 0.25) is 0 Å². The van der Waals surface area contributed by atoms with Crippen LogP contribution < -0.4 is 16.4 Å². The summed E-state index contributed by atoms with van der Waals surface area (Å²) in [7, 11) is 1.70. The molecule has 6 nitrogen and oxygen atoms in total. The second kappa shape index (κ2) is 10.7. The number of halogens is 1. The van der Waals surface area contributed by atoms with Crippen LogP contribution in [0.25, 0.3) is 0 Å². The molecule has 1 saturated heterocycles. The third-order valence-electron chi connectivity index (χ3n) is 4.24. The zero-order valence-corrected chi connectivity index (χ0v) is 16.0. The van der Waals surface area contributed by atoms with Gasteiger partial charge in [-0.05, 0) is 38.1 Å². The molecule has 0 bridgehead atoms. The number of ether oxygens (including phenoxy) is 1. The summed E-state index contributed by atoms with van der Waals surface area (Å²) in [5.41, 5.74) is 5.74. The normalized spacial score (nSPS) is 15.9. The van der Waals surface area contributed by atoms with Gasteiger partial charge in [-0.25, -0.2) is 0 Å². The zero-order chi connectivity index (χ0) is 17.4. The molecule has 140 valence electrons. The summed E-state index contributed by atoms with van der Waals surface area (Å²) in [6.45, 7) is 3.08. The van der Waals surface area contributed by atoms with Gasteiger partial charge in [0.25, 0.3) is 5.91 Å². The van der Waals surface area contributed by atoms with Gasteiger partial charge >= 0.3 is 0 Å². The van der Waals surface area contributed by atoms with E-state index in [9.17, 15) is 9.59 Å². The number of piperidine rings is 1. The minimum absolute atomic E-state index is 0. The Morgan fingerprint density at radius 3 is 2.64 bits per heavy atom. The van der Waals surface area contributed by atoms with Crippen LogP contribution in [0, 0.1) is 5.41 Å². The van der Waals surface area contributed by atoms with Crippen molar-refractivity contribution in [3.8, 4) is 0 Å². The van der Waals surface area contributed by atoms with Gasteiger partial charge in [-0.15, -0.1) is 24.2 Å². The van der Waals surface area contributed by atoms with E-state index in [0.717, 1.165) is 30.8 Å². The largest absolute Gasteiger partial charge is 0.384 e. The Kier molecular flexibility index (Phi) is 9.27. The van der Waals surface area contributed by atoms with Gasteiger partial charge in [0, 0.05) is 24.0 Å². The van der Waals surface area contributed by atoms with Gasteiger partial charge in [-0.1, -0.05) is 12.1 Å². The molecule has 4 N–H and O–H groups in total. The van der Waals surface area contributed by atoms with Crippen LogP contribution in [0.1, 0.15) is 23.2 Å². The fraction of sp³-hybridized carbons (Fsp3) is 0.529. The highest BCUT2D eigenvalue weighted by Gasteiger charge is 2.32. The van der Waals surface area contributed by atoms with E-state index in [4.69, 9.17) is 10.5 Å². The van der Waals surface area contributed by atoms with Crippen LogP contribution in [0.15, 0.2) is 29.2 Å². The van der Waals surface area contributed by atoms with E-state index in [0.29, 0.717) is 18.7 Å². The van der Waals surface area contributed by atoms with Crippen molar-refractivity contribution in [2.24, 2.45) is 11.1 Å². The van der Waals surface area contributed by atoms with Crippen molar-refractivity contribution in [2.75, 3.05) is 39.1 Å². The predicted octanol–water partition coefficient (Wildman–Crippen LogP) is 1.43. The molecule has 0 spiro atoms. The minimum Gasteiger partial charge on any atom is -0.384 e. The van der Waals surface area contributed by atoms with Crippen molar-refractivity contribution in [1.82, 2.24) is 10.6 Å². The van der Waals surface area contributed by atoms with Crippen LogP contribution >= 0.6 is 24.2 Å². The van der Waals surface area contributed by atoms with Crippen molar-refractivity contribution in [3.05, 3.63) is 29.8 Å². The Morgan fingerprint density at radius 1 is 1.32 bits per heavy atom. The molecule has 1 aromatic rings. The van der Waals surface area contributed by atoms with Crippen LogP contribution in [0.5, 0.6) is 0 Å². The van der Waals surface area contributed by atoms with E-state index in [1.54, 1.807) is 13.2 Å². The predicted molar refractivity (Wildman–Crippen MR) is 102 cm³/mol. The van der Waals surface area contributed by atoms with Crippen molar-refractivity contribution >= 4 is 36.0 Å². The van der Waals surface area contributed by atoms with Gasteiger partial charge in [-0.2, -0.15) is 0 Å². The van der Waals surface area contributed by atoms with Crippen LogP contribution in [0.4, 0.5) is 0 Å². The standard InChI is InChI=1S/C17H25N3O3S.ClH/c1-23-12-17(6-8-19-9-7-17)11-20-16(22)13-4-2-3-5-14(13)24-10-15(18)21;/h2-5,19H,6-12H2,1H3,(H2,18,21)(H,20,22);1H. The highest BCUT2D eigenvalue weighted by atomic mass is 35.5. The zero-order valence-electron chi connectivity index (χ0n) is 14.4. The lowest BCUT2D eigenvalue weighted by Crippen LogP contribution is -2.47. The first-order valence-corrected chi connectivity index (χ1v) is 9.03. The third kappa shape index (κ3) is 6.51. The average molecular weight is 388 g/mol. The maximum Gasteiger partial charge on any atom is 0.252 e. The molecule has 1 aliphatic heterocycles. The number of benzene rings is 1. The number of amides is 2. The summed E-state index contributed by atoms with van der Waals surface area (Å²) in [6, 6.07) is 7.26. The van der Waals surface area contributed by atoms with E-state index in [1.165, 1.54) is 11.8 Å². The molecule has 1 aliphatic rings. The number of nitrogens with one attached hydrogen (secondary N) is 2. The van der Waals surface area contributed by atoms with Crippen LogP contribution in [0.3, 0.4) is 0 Å². The number of thioether (sulfide) groups is 1. The number of rotatable bonds is 8. The van der Waals surface area contributed by atoms with Crippen molar-refractivity contribution in [2.45, 2.75) is 17.7 Å². The number of nitrogens with two attached hydrogens (primary N) is 1. The molecule has 8 heteroatoms. The van der Waals surface area contributed by atoms with Crippen LogP contribution in [-0.2, 0) is 9.53 Å². The van der Waals surface area contributed by atoms with Gasteiger partial charge in [0.1, 0.15) is 0 Å². The van der Waals surface area contributed by atoms with Gasteiger partial charge < -0.3 is 21.1 Å². The van der Waals surface area contributed by atoms with Gasteiger partial charge in [0.15, 0.2) is 0 Å². The Bertz CT molecular complexity index is 575.